The van der Waals surface area contributed by atoms with E-state index in [9.17, 15) is 13.2 Å². The number of sulfonamides is 1. The number of carbonyl (C=O) groups is 1. The van der Waals surface area contributed by atoms with Crippen molar-refractivity contribution in [2.75, 3.05) is 49.6 Å². The molecule has 0 atom stereocenters. The predicted octanol–water partition coefficient (Wildman–Crippen LogP) is 3.93. The molecule has 2 fully saturated rings. The number of piperidine rings is 1. The van der Waals surface area contributed by atoms with Crippen molar-refractivity contribution in [2.24, 2.45) is 0 Å². The molecule has 8 nitrogen and oxygen atoms in total. The summed E-state index contributed by atoms with van der Waals surface area (Å²) in [6, 6.07) is 11.0. The molecule has 0 aliphatic carbocycles. The molecular formula is C26H31N3O5S. The summed E-state index contributed by atoms with van der Waals surface area (Å²) in [7, 11) is -3.68. The maximum Gasteiger partial charge on any atom is 0.243 e. The maximum atomic E-state index is 13.3. The lowest BCUT2D eigenvalue weighted by atomic mass is 10.1. The van der Waals surface area contributed by atoms with Crippen molar-refractivity contribution in [3.63, 3.8) is 0 Å². The quantitative estimate of drug-likeness (QED) is 0.555. The number of nitrogens with zero attached hydrogens (tertiary/aromatic N) is 2. The Bertz CT molecular complexity index is 1320. The van der Waals surface area contributed by atoms with E-state index in [1.165, 1.54) is 10.7 Å². The highest BCUT2D eigenvalue weighted by atomic mass is 32.2. The number of furan rings is 1. The average Bonchev–Trinajstić information content (AvgIpc) is 3.26. The highest BCUT2D eigenvalue weighted by molar-refractivity contribution is 7.89. The second-order valence-corrected chi connectivity index (χ2v) is 11.2. The summed E-state index contributed by atoms with van der Waals surface area (Å²) in [5, 5.41) is 3.92. The number of aryl methyl sites for hydroxylation is 1. The standard InChI is InChI=1S/C26H31N3O5S/c1-19-5-7-22-20(18-34-25(22)15-19)16-26(30)27-23-17-21(35(31,32)29-11-13-33-14-12-29)6-8-24(23)28-9-3-2-4-10-28/h5-8,15,17-18H,2-4,9-14,16H2,1H3,(H,27,30). The lowest BCUT2D eigenvalue weighted by Gasteiger charge is -2.31. The van der Waals surface area contributed by atoms with E-state index in [2.05, 4.69) is 10.2 Å². The number of ether oxygens (including phenoxy) is 1. The van der Waals surface area contributed by atoms with Gasteiger partial charge in [0.2, 0.25) is 15.9 Å². The number of amides is 1. The molecule has 2 aliphatic rings. The number of carbonyl (C=O) groups excluding carboxylic acids is 1. The van der Waals surface area contributed by atoms with E-state index in [4.69, 9.17) is 9.15 Å². The lowest BCUT2D eigenvalue weighted by Crippen LogP contribution is -2.40. The SMILES string of the molecule is Cc1ccc2c(CC(=O)Nc3cc(S(=O)(=O)N4CCOCC4)ccc3N3CCCCC3)coc2c1. The van der Waals surface area contributed by atoms with Crippen molar-refractivity contribution >= 4 is 38.3 Å². The van der Waals surface area contributed by atoms with Gasteiger partial charge in [0.25, 0.3) is 0 Å². The van der Waals surface area contributed by atoms with E-state index in [0.29, 0.717) is 32.0 Å². The summed E-state index contributed by atoms with van der Waals surface area (Å²) in [5.74, 6) is -0.215. The number of nitrogens with one attached hydrogen (secondary N) is 1. The Morgan fingerprint density at radius 1 is 1.00 bits per heavy atom. The van der Waals surface area contributed by atoms with Crippen molar-refractivity contribution in [3.05, 3.63) is 53.8 Å². The van der Waals surface area contributed by atoms with E-state index >= 15 is 0 Å². The zero-order chi connectivity index (χ0) is 24.4. The number of hydrogen-bond acceptors (Lipinski definition) is 6. The number of fused-ring (bicyclic) bond motifs is 1. The fraction of sp³-hybridized carbons (Fsp3) is 0.423. The largest absolute Gasteiger partial charge is 0.464 e. The van der Waals surface area contributed by atoms with Gasteiger partial charge < -0.3 is 19.4 Å². The molecule has 1 N–H and O–H groups in total. The molecule has 5 rings (SSSR count). The molecule has 35 heavy (non-hydrogen) atoms. The zero-order valence-electron chi connectivity index (χ0n) is 20.0. The molecule has 1 aromatic heterocycles. The van der Waals surface area contributed by atoms with Crippen molar-refractivity contribution in [3.8, 4) is 0 Å². The van der Waals surface area contributed by atoms with Crippen LogP contribution < -0.4 is 10.2 Å². The monoisotopic (exact) mass is 497 g/mol. The molecule has 3 aromatic rings. The van der Waals surface area contributed by atoms with Gasteiger partial charge >= 0.3 is 0 Å². The molecule has 186 valence electrons. The Labute approximate surface area is 205 Å². The van der Waals surface area contributed by atoms with Crippen LogP contribution in [-0.2, 0) is 26.0 Å². The fourth-order valence-electron chi connectivity index (χ4n) is 4.82. The Morgan fingerprint density at radius 3 is 2.54 bits per heavy atom. The van der Waals surface area contributed by atoms with E-state index in [0.717, 1.165) is 53.7 Å². The molecule has 0 radical (unpaired) electrons. The summed E-state index contributed by atoms with van der Waals surface area (Å²) in [6.07, 6.45) is 5.07. The van der Waals surface area contributed by atoms with Crippen molar-refractivity contribution < 1.29 is 22.4 Å². The van der Waals surface area contributed by atoms with Crippen LogP contribution in [-0.4, -0.2) is 58.0 Å². The summed E-state index contributed by atoms with van der Waals surface area (Å²) >= 11 is 0. The molecule has 9 heteroatoms. The van der Waals surface area contributed by atoms with Gasteiger partial charge in [-0.1, -0.05) is 12.1 Å². The van der Waals surface area contributed by atoms with Gasteiger partial charge in [-0.05, 0) is 56.0 Å². The second kappa shape index (κ2) is 10.0. The molecule has 2 aromatic carbocycles. The molecule has 2 saturated heterocycles. The van der Waals surface area contributed by atoms with E-state index in [1.54, 1.807) is 18.4 Å². The minimum atomic E-state index is -3.68. The minimum absolute atomic E-state index is 0.135. The average molecular weight is 498 g/mol. The fourth-order valence-corrected chi connectivity index (χ4v) is 6.25. The third-order valence-corrected chi connectivity index (χ3v) is 8.60. The highest BCUT2D eigenvalue weighted by Crippen LogP contribution is 2.33. The van der Waals surface area contributed by atoms with Gasteiger partial charge in [-0.3, -0.25) is 4.79 Å². The summed E-state index contributed by atoms with van der Waals surface area (Å²) in [5.41, 5.74) is 4.02. The smallest absolute Gasteiger partial charge is 0.243 e. The second-order valence-electron chi connectivity index (χ2n) is 9.23. The van der Waals surface area contributed by atoms with Gasteiger partial charge in [0.1, 0.15) is 5.58 Å². The van der Waals surface area contributed by atoms with E-state index in [1.807, 2.05) is 31.2 Å². The number of benzene rings is 2. The van der Waals surface area contributed by atoms with Crippen LogP contribution in [0.25, 0.3) is 11.0 Å². The maximum absolute atomic E-state index is 13.3. The van der Waals surface area contributed by atoms with Crippen LogP contribution in [0, 0.1) is 6.92 Å². The topological polar surface area (TPSA) is 92.1 Å². The zero-order valence-corrected chi connectivity index (χ0v) is 20.8. The van der Waals surface area contributed by atoms with Crippen LogP contribution in [0.5, 0.6) is 0 Å². The molecule has 2 aliphatic heterocycles. The van der Waals surface area contributed by atoms with Gasteiger partial charge in [0.15, 0.2) is 0 Å². The van der Waals surface area contributed by atoms with Crippen molar-refractivity contribution in [1.29, 1.82) is 0 Å². The number of rotatable bonds is 6. The van der Waals surface area contributed by atoms with Crippen LogP contribution in [0.3, 0.4) is 0 Å². The Balaban J connectivity index is 1.43. The first-order valence-corrected chi connectivity index (χ1v) is 13.6. The molecule has 0 bridgehead atoms. The van der Waals surface area contributed by atoms with Gasteiger partial charge in [-0.2, -0.15) is 4.31 Å². The predicted molar refractivity (Wildman–Crippen MR) is 135 cm³/mol. The number of morpholine rings is 1. The first-order chi connectivity index (χ1) is 16.9. The summed E-state index contributed by atoms with van der Waals surface area (Å²) in [6.45, 7) is 5.17. The molecule has 1 amide bonds. The van der Waals surface area contributed by atoms with Gasteiger partial charge in [0, 0.05) is 37.1 Å². The van der Waals surface area contributed by atoms with Crippen LogP contribution in [0.4, 0.5) is 11.4 Å². The highest BCUT2D eigenvalue weighted by Gasteiger charge is 2.28. The normalized spacial score (nSPS) is 17.6. The van der Waals surface area contributed by atoms with Crippen LogP contribution in [0.15, 0.2) is 52.0 Å². The third kappa shape index (κ3) is 5.07. The molecule has 3 heterocycles. The van der Waals surface area contributed by atoms with Crippen LogP contribution in [0.2, 0.25) is 0 Å². The minimum Gasteiger partial charge on any atom is -0.464 e. The summed E-state index contributed by atoms with van der Waals surface area (Å²) in [4.78, 5) is 15.5. The van der Waals surface area contributed by atoms with E-state index in [-0.39, 0.29) is 17.2 Å². The number of hydrogen-bond donors (Lipinski definition) is 1. The lowest BCUT2D eigenvalue weighted by molar-refractivity contribution is -0.115. The molecule has 0 saturated carbocycles. The molecular weight excluding hydrogens is 466 g/mol. The summed E-state index contributed by atoms with van der Waals surface area (Å²) < 4.78 is 39.0. The van der Waals surface area contributed by atoms with Gasteiger partial charge in [0.05, 0.1) is 42.2 Å². The Kier molecular flexibility index (Phi) is 6.82. The van der Waals surface area contributed by atoms with Crippen molar-refractivity contribution in [1.82, 2.24) is 4.31 Å². The third-order valence-electron chi connectivity index (χ3n) is 6.71. The number of anilines is 2. The van der Waals surface area contributed by atoms with Crippen LogP contribution in [0.1, 0.15) is 30.4 Å². The van der Waals surface area contributed by atoms with Gasteiger partial charge in [-0.25, -0.2) is 8.42 Å². The molecule has 0 unspecified atom stereocenters. The van der Waals surface area contributed by atoms with E-state index < -0.39 is 10.0 Å². The van der Waals surface area contributed by atoms with Crippen molar-refractivity contribution in [2.45, 2.75) is 37.5 Å². The first-order valence-electron chi connectivity index (χ1n) is 12.2. The first kappa shape index (κ1) is 23.8. The van der Waals surface area contributed by atoms with Gasteiger partial charge in [-0.15, -0.1) is 0 Å². The van der Waals surface area contributed by atoms with Crippen LogP contribution >= 0.6 is 0 Å². The molecule has 0 spiro atoms. The Hall–Kier alpha value is -2.88. The Morgan fingerprint density at radius 2 is 1.77 bits per heavy atom.